The average molecular weight is 321 g/mol. The van der Waals surface area contributed by atoms with Crippen molar-refractivity contribution >= 4 is 23.2 Å². The number of rotatable bonds is 4. The van der Waals surface area contributed by atoms with Crippen molar-refractivity contribution in [3.8, 4) is 11.8 Å². The number of carbonyl (C=O) groups is 2. The van der Waals surface area contributed by atoms with Crippen molar-refractivity contribution in [2.45, 2.75) is 12.8 Å². The fraction of sp³-hybridized carbons (Fsp3) is 0.167. The Morgan fingerprint density at radius 3 is 2.96 bits per heavy atom. The van der Waals surface area contributed by atoms with Gasteiger partial charge in [-0.1, -0.05) is 6.07 Å². The van der Waals surface area contributed by atoms with Gasteiger partial charge in [-0.15, -0.1) is 0 Å². The number of nitrogens with one attached hydrogen (secondary N) is 2. The van der Waals surface area contributed by atoms with Gasteiger partial charge in [-0.2, -0.15) is 5.26 Å². The zero-order valence-electron chi connectivity index (χ0n) is 12.8. The van der Waals surface area contributed by atoms with Crippen LogP contribution in [0.4, 0.5) is 11.4 Å². The van der Waals surface area contributed by atoms with Gasteiger partial charge in [0.25, 0.3) is 5.91 Å². The number of hydrogen-bond acceptors (Lipinski definition) is 4. The summed E-state index contributed by atoms with van der Waals surface area (Å²) in [5.74, 6) is 0.275. The Labute approximate surface area is 139 Å². The molecule has 2 aromatic carbocycles. The third-order valence-electron chi connectivity index (χ3n) is 3.62. The number of ether oxygens (including phenoxy) is 1. The van der Waals surface area contributed by atoms with Crippen molar-refractivity contribution in [1.82, 2.24) is 0 Å². The molecule has 6 nitrogen and oxygen atoms in total. The molecule has 1 aliphatic rings. The van der Waals surface area contributed by atoms with Crippen LogP contribution in [-0.2, 0) is 16.0 Å². The van der Waals surface area contributed by atoms with Crippen LogP contribution in [0.5, 0.6) is 5.75 Å². The van der Waals surface area contributed by atoms with Gasteiger partial charge in [0.2, 0.25) is 5.91 Å². The fourth-order valence-electron chi connectivity index (χ4n) is 2.46. The molecule has 2 N–H and O–H groups in total. The highest BCUT2D eigenvalue weighted by Crippen LogP contribution is 2.26. The van der Waals surface area contributed by atoms with Crippen molar-refractivity contribution in [1.29, 1.82) is 5.26 Å². The summed E-state index contributed by atoms with van der Waals surface area (Å²) in [5.41, 5.74) is 2.81. The van der Waals surface area contributed by atoms with Crippen LogP contribution in [0.2, 0.25) is 0 Å². The number of nitrogens with zero attached hydrogens (tertiary/aromatic N) is 1. The standard InChI is InChI=1S/C18H15N3O3/c19-10-12-2-1-3-14(8-12)20-18(23)11-24-15-5-6-16-13(9-15)4-7-17(22)21-16/h1-3,5-6,8-9H,4,7,11H2,(H,20,23)(H,21,22). The number of carbonyl (C=O) groups excluding carboxylic acids is 2. The van der Waals surface area contributed by atoms with Gasteiger partial charge in [0.15, 0.2) is 6.61 Å². The van der Waals surface area contributed by atoms with E-state index in [1.54, 1.807) is 36.4 Å². The van der Waals surface area contributed by atoms with E-state index in [2.05, 4.69) is 10.6 Å². The Kier molecular flexibility index (Phi) is 4.43. The molecule has 0 radical (unpaired) electrons. The summed E-state index contributed by atoms with van der Waals surface area (Å²) in [6, 6.07) is 14.0. The molecule has 0 atom stereocenters. The van der Waals surface area contributed by atoms with Gasteiger partial charge in [-0.3, -0.25) is 9.59 Å². The quantitative estimate of drug-likeness (QED) is 0.905. The highest BCUT2D eigenvalue weighted by atomic mass is 16.5. The number of nitriles is 1. The number of fused-ring (bicyclic) bond motifs is 1. The smallest absolute Gasteiger partial charge is 0.262 e. The summed E-state index contributed by atoms with van der Waals surface area (Å²) in [4.78, 5) is 23.3. The summed E-state index contributed by atoms with van der Waals surface area (Å²) >= 11 is 0. The molecular formula is C18H15N3O3. The molecule has 0 aliphatic carbocycles. The molecule has 2 aromatic rings. The van der Waals surface area contributed by atoms with E-state index >= 15 is 0 Å². The van der Waals surface area contributed by atoms with E-state index in [0.717, 1.165) is 11.3 Å². The maximum absolute atomic E-state index is 11.9. The van der Waals surface area contributed by atoms with Crippen LogP contribution in [0.3, 0.4) is 0 Å². The summed E-state index contributed by atoms with van der Waals surface area (Å²) in [6.07, 6.45) is 1.11. The lowest BCUT2D eigenvalue weighted by Crippen LogP contribution is -2.21. The zero-order valence-corrected chi connectivity index (χ0v) is 12.8. The van der Waals surface area contributed by atoms with Gasteiger partial charge >= 0.3 is 0 Å². The molecule has 6 heteroatoms. The van der Waals surface area contributed by atoms with E-state index in [9.17, 15) is 9.59 Å². The van der Waals surface area contributed by atoms with Crippen molar-refractivity contribution in [2.24, 2.45) is 0 Å². The second-order valence-corrected chi connectivity index (χ2v) is 5.40. The first-order valence-electron chi connectivity index (χ1n) is 7.49. The van der Waals surface area contributed by atoms with Crippen molar-refractivity contribution < 1.29 is 14.3 Å². The van der Waals surface area contributed by atoms with Crippen LogP contribution in [0.1, 0.15) is 17.5 Å². The molecule has 0 spiro atoms. The number of aryl methyl sites for hydroxylation is 1. The van der Waals surface area contributed by atoms with E-state index in [-0.39, 0.29) is 18.4 Å². The van der Waals surface area contributed by atoms with Crippen LogP contribution in [-0.4, -0.2) is 18.4 Å². The fourth-order valence-corrected chi connectivity index (χ4v) is 2.46. The van der Waals surface area contributed by atoms with Crippen molar-refractivity contribution in [2.75, 3.05) is 17.2 Å². The summed E-state index contributed by atoms with van der Waals surface area (Å²) in [5, 5.41) is 14.3. The topological polar surface area (TPSA) is 91.2 Å². The van der Waals surface area contributed by atoms with Crippen LogP contribution in [0, 0.1) is 11.3 Å². The lowest BCUT2D eigenvalue weighted by molar-refractivity contribution is -0.118. The van der Waals surface area contributed by atoms with Crippen LogP contribution in [0.25, 0.3) is 0 Å². The van der Waals surface area contributed by atoms with Gasteiger partial charge in [0, 0.05) is 17.8 Å². The largest absolute Gasteiger partial charge is 0.484 e. The normalized spacial score (nSPS) is 12.5. The Hall–Kier alpha value is -3.33. The second kappa shape index (κ2) is 6.84. The first-order valence-corrected chi connectivity index (χ1v) is 7.49. The Morgan fingerprint density at radius 1 is 1.25 bits per heavy atom. The van der Waals surface area contributed by atoms with E-state index < -0.39 is 0 Å². The van der Waals surface area contributed by atoms with Gasteiger partial charge in [-0.05, 0) is 48.4 Å². The second-order valence-electron chi connectivity index (χ2n) is 5.40. The summed E-state index contributed by atoms with van der Waals surface area (Å²) < 4.78 is 5.50. The molecule has 0 aromatic heterocycles. The van der Waals surface area contributed by atoms with Gasteiger partial charge in [-0.25, -0.2) is 0 Å². The van der Waals surface area contributed by atoms with E-state index in [1.165, 1.54) is 0 Å². The molecule has 24 heavy (non-hydrogen) atoms. The Morgan fingerprint density at radius 2 is 2.12 bits per heavy atom. The molecule has 3 rings (SSSR count). The van der Waals surface area contributed by atoms with Crippen LogP contribution in [0.15, 0.2) is 42.5 Å². The third kappa shape index (κ3) is 3.70. The third-order valence-corrected chi connectivity index (χ3v) is 3.62. The lowest BCUT2D eigenvalue weighted by atomic mass is 10.0. The van der Waals surface area contributed by atoms with Gasteiger partial charge < -0.3 is 15.4 Å². The maximum Gasteiger partial charge on any atom is 0.262 e. The summed E-state index contributed by atoms with van der Waals surface area (Å²) in [6.45, 7) is -0.137. The molecule has 0 fully saturated rings. The number of amides is 2. The Balaban J connectivity index is 1.58. The SMILES string of the molecule is N#Cc1cccc(NC(=O)COc2ccc3c(c2)CCC(=O)N3)c1. The highest BCUT2D eigenvalue weighted by molar-refractivity contribution is 5.94. The molecule has 2 amide bonds. The van der Waals surface area contributed by atoms with E-state index in [0.29, 0.717) is 29.8 Å². The van der Waals surface area contributed by atoms with Crippen molar-refractivity contribution in [3.63, 3.8) is 0 Å². The molecule has 0 unspecified atom stereocenters. The lowest BCUT2D eigenvalue weighted by Gasteiger charge is -2.17. The number of hydrogen-bond donors (Lipinski definition) is 2. The summed E-state index contributed by atoms with van der Waals surface area (Å²) in [7, 11) is 0. The number of benzene rings is 2. The molecule has 0 bridgehead atoms. The first kappa shape index (κ1) is 15.6. The van der Waals surface area contributed by atoms with Gasteiger partial charge in [0.05, 0.1) is 11.6 Å². The predicted molar refractivity (Wildman–Crippen MR) is 88.7 cm³/mol. The molecule has 1 aliphatic heterocycles. The Bertz CT molecular complexity index is 840. The van der Waals surface area contributed by atoms with Crippen LogP contribution < -0.4 is 15.4 Å². The van der Waals surface area contributed by atoms with Gasteiger partial charge in [0.1, 0.15) is 5.75 Å². The number of anilines is 2. The minimum Gasteiger partial charge on any atom is -0.484 e. The average Bonchev–Trinajstić information content (AvgIpc) is 2.60. The molecule has 0 saturated carbocycles. The monoisotopic (exact) mass is 321 g/mol. The molecule has 1 heterocycles. The zero-order chi connectivity index (χ0) is 16.9. The minimum atomic E-state index is -0.309. The van der Waals surface area contributed by atoms with E-state index in [4.69, 9.17) is 10.00 Å². The van der Waals surface area contributed by atoms with Crippen molar-refractivity contribution in [3.05, 3.63) is 53.6 Å². The van der Waals surface area contributed by atoms with Crippen LogP contribution >= 0.6 is 0 Å². The minimum absolute atomic E-state index is 0.00939. The first-order chi connectivity index (χ1) is 11.6. The molecule has 0 saturated heterocycles. The molecular weight excluding hydrogens is 306 g/mol. The van der Waals surface area contributed by atoms with E-state index in [1.807, 2.05) is 12.1 Å². The predicted octanol–water partition coefficient (Wildman–Crippen LogP) is 2.46. The highest BCUT2D eigenvalue weighted by Gasteiger charge is 2.15. The molecule has 120 valence electrons. The maximum atomic E-state index is 11.9.